The Labute approximate surface area is 110 Å². The highest BCUT2D eigenvalue weighted by Gasteiger charge is 2.17. The van der Waals surface area contributed by atoms with Crippen molar-refractivity contribution in [3.63, 3.8) is 0 Å². The summed E-state index contributed by atoms with van der Waals surface area (Å²) in [5.41, 5.74) is 2.00. The van der Waals surface area contributed by atoms with Crippen LogP contribution in [0.1, 0.15) is 69.4 Å². The van der Waals surface area contributed by atoms with Crippen LogP contribution in [-0.2, 0) is 6.42 Å². The average molecular weight is 247 g/mol. The molecule has 1 aliphatic heterocycles. The molecular formula is C16H25NO. The van der Waals surface area contributed by atoms with E-state index in [2.05, 4.69) is 18.0 Å². The van der Waals surface area contributed by atoms with Crippen molar-refractivity contribution in [3.8, 4) is 0 Å². The molecule has 0 radical (unpaired) electrons. The maximum Gasteiger partial charge on any atom is 0.0985 e. The van der Waals surface area contributed by atoms with Gasteiger partial charge in [0.1, 0.15) is 0 Å². The van der Waals surface area contributed by atoms with Gasteiger partial charge in [-0.3, -0.25) is 4.98 Å². The quantitative estimate of drug-likeness (QED) is 0.750. The Balaban J connectivity index is 2.11. The maximum absolute atomic E-state index is 10.3. The van der Waals surface area contributed by atoms with Gasteiger partial charge in [-0.1, -0.05) is 45.1 Å². The Morgan fingerprint density at radius 3 is 2.61 bits per heavy atom. The van der Waals surface area contributed by atoms with E-state index in [4.69, 9.17) is 0 Å². The van der Waals surface area contributed by atoms with Gasteiger partial charge in [0.05, 0.1) is 11.8 Å². The van der Waals surface area contributed by atoms with Crippen molar-refractivity contribution in [1.82, 2.24) is 4.98 Å². The molecule has 1 aromatic heterocycles. The maximum atomic E-state index is 10.3. The SMILES string of the molecule is C[C@H]1CCCCCCCCc2cccc(n2)[C@@H]1O. The highest BCUT2D eigenvalue weighted by molar-refractivity contribution is 5.14. The first-order valence-corrected chi connectivity index (χ1v) is 7.41. The van der Waals surface area contributed by atoms with E-state index in [1.807, 2.05) is 12.1 Å². The summed E-state index contributed by atoms with van der Waals surface area (Å²) in [6, 6.07) is 6.08. The Kier molecular flexibility index (Phi) is 5.18. The monoisotopic (exact) mass is 247 g/mol. The van der Waals surface area contributed by atoms with Crippen LogP contribution < -0.4 is 0 Å². The van der Waals surface area contributed by atoms with Gasteiger partial charge in [-0.2, -0.15) is 0 Å². The van der Waals surface area contributed by atoms with Crippen LogP contribution in [0.15, 0.2) is 18.2 Å². The number of aromatic nitrogens is 1. The van der Waals surface area contributed by atoms with E-state index in [1.165, 1.54) is 38.5 Å². The number of rotatable bonds is 0. The lowest BCUT2D eigenvalue weighted by molar-refractivity contribution is 0.107. The van der Waals surface area contributed by atoms with Gasteiger partial charge >= 0.3 is 0 Å². The molecule has 2 rings (SSSR count). The average Bonchev–Trinajstić information content (AvgIpc) is 2.40. The molecule has 0 spiro atoms. The predicted molar refractivity (Wildman–Crippen MR) is 74.4 cm³/mol. The number of aliphatic hydroxyl groups is 1. The minimum absolute atomic E-state index is 0.313. The smallest absolute Gasteiger partial charge is 0.0985 e. The number of aliphatic hydroxyl groups excluding tert-OH is 1. The zero-order valence-electron chi connectivity index (χ0n) is 11.4. The molecule has 0 amide bonds. The minimum Gasteiger partial charge on any atom is -0.387 e. The van der Waals surface area contributed by atoms with Crippen molar-refractivity contribution in [2.24, 2.45) is 5.92 Å². The van der Waals surface area contributed by atoms with Crippen LogP contribution in [0.5, 0.6) is 0 Å². The molecule has 1 N–H and O–H groups in total. The lowest BCUT2D eigenvalue weighted by Crippen LogP contribution is -2.11. The van der Waals surface area contributed by atoms with E-state index in [-0.39, 0.29) is 0 Å². The third kappa shape index (κ3) is 3.81. The summed E-state index contributed by atoms with van der Waals surface area (Å²) in [4.78, 5) is 4.62. The van der Waals surface area contributed by atoms with Crippen molar-refractivity contribution in [2.45, 2.75) is 64.4 Å². The second-order valence-corrected chi connectivity index (χ2v) is 5.64. The lowest BCUT2D eigenvalue weighted by Gasteiger charge is -2.18. The number of nitrogens with zero attached hydrogens (tertiary/aromatic N) is 1. The topological polar surface area (TPSA) is 33.1 Å². The molecule has 2 heteroatoms. The first-order chi connectivity index (χ1) is 8.77. The molecule has 0 saturated carbocycles. The predicted octanol–water partition coefficient (Wildman–Crippen LogP) is 4.04. The molecule has 100 valence electrons. The molecule has 0 saturated heterocycles. The van der Waals surface area contributed by atoms with Gasteiger partial charge in [0.25, 0.3) is 0 Å². The van der Waals surface area contributed by atoms with Crippen LogP contribution >= 0.6 is 0 Å². The fourth-order valence-electron chi connectivity index (χ4n) is 2.73. The molecule has 2 bridgehead atoms. The number of fused-ring (bicyclic) bond motifs is 2. The van der Waals surface area contributed by atoms with Gasteiger partial charge in [-0.05, 0) is 37.3 Å². The molecule has 18 heavy (non-hydrogen) atoms. The minimum atomic E-state index is -0.397. The van der Waals surface area contributed by atoms with Crippen LogP contribution in [-0.4, -0.2) is 10.1 Å². The number of pyridine rings is 1. The molecule has 0 aromatic carbocycles. The molecule has 2 nitrogen and oxygen atoms in total. The first kappa shape index (κ1) is 13.5. The van der Waals surface area contributed by atoms with Crippen molar-refractivity contribution in [1.29, 1.82) is 0 Å². The van der Waals surface area contributed by atoms with E-state index in [9.17, 15) is 5.11 Å². The van der Waals surface area contributed by atoms with Crippen molar-refractivity contribution >= 4 is 0 Å². The van der Waals surface area contributed by atoms with Crippen molar-refractivity contribution in [2.75, 3.05) is 0 Å². The van der Waals surface area contributed by atoms with Crippen LogP contribution in [0, 0.1) is 5.92 Å². The van der Waals surface area contributed by atoms with Gasteiger partial charge in [-0.25, -0.2) is 0 Å². The summed E-state index contributed by atoms with van der Waals surface area (Å²) in [7, 11) is 0. The molecular weight excluding hydrogens is 222 g/mol. The van der Waals surface area contributed by atoms with E-state index in [0.29, 0.717) is 5.92 Å². The highest BCUT2D eigenvalue weighted by atomic mass is 16.3. The van der Waals surface area contributed by atoms with E-state index in [0.717, 1.165) is 24.2 Å². The second kappa shape index (κ2) is 6.89. The standard InChI is InChI=1S/C16H25NO/c1-13-9-6-4-2-3-5-7-10-14-11-8-12-15(17-14)16(13)18/h8,11-13,16,18H,2-7,9-10H2,1H3/t13-,16+/m0/s1. The zero-order valence-corrected chi connectivity index (χ0v) is 11.4. The summed E-state index contributed by atoms with van der Waals surface area (Å²) in [5.74, 6) is 0.313. The molecule has 0 fully saturated rings. The fourth-order valence-corrected chi connectivity index (χ4v) is 2.73. The Hall–Kier alpha value is -0.890. The van der Waals surface area contributed by atoms with Crippen LogP contribution in [0.2, 0.25) is 0 Å². The second-order valence-electron chi connectivity index (χ2n) is 5.64. The molecule has 0 aliphatic carbocycles. The Morgan fingerprint density at radius 1 is 1.06 bits per heavy atom. The lowest BCUT2D eigenvalue weighted by atomic mass is 9.95. The number of aryl methyl sites for hydroxylation is 1. The van der Waals surface area contributed by atoms with Crippen molar-refractivity contribution < 1.29 is 5.11 Å². The van der Waals surface area contributed by atoms with E-state index >= 15 is 0 Å². The highest BCUT2D eigenvalue weighted by Crippen LogP contribution is 2.26. The van der Waals surface area contributed by atoms with Crippen LogP contribution in [0.25, 0.3) is 0 Å². The number of hydrogen-bond donors (Lipinski definition) is 1. The Morgan fingerprint density at radius 2 is 1.78 bits per heavy atom. The van der Waals surface area contributed by atoms with E-state index in [1.54, 1.807) is 0 Å². The molecule has 2 heterocycles. The normalized spacial score (nSPS) is 26.8. The summed E-state index contributed by atoms with van der Waals surface area (Å²) < 4.78 is 0. The van der Waals surface area contributed by atoms with Gasteiger partial charge in [0, 0.05) is 5.69 Å². The Bertz CT molecular complexity index is 364. The third-order valence-corrected chi connectivity index (χ3v) is 4.01. The summed E-state index contributed by atoms with van der Waals surface area (Å²) in [6.07, 6.45) is 9.52. The largest absolute Gasteiger partial charge is 0.387 e. The molecule has 2 atom stereocenters. The van der Waals surface area contributed by atoms with Crippen LogP contribution in [0.4, 0.5) is 0 Å². The summed E-state index contributed by atoms with van der Waals surface area (Å²) in [6.45, 7) is 2.14. The summed E-state index contributed by atoms with van der Waals surface area (Å²) in [5, 5.41) is 10.3. The van der Waals surface area contributed by atoms with Gasteiger partial charge < -0.3 is 5.11 Å². The molecule has 0 unspecified atom stereocenters. The van der Waals surface area contributed by atoms with Crippen LogP contribution in [0.3, 0.4) is 0 Å². The fraction of sp³-hybridized carbons (Fsp3) is 0.688. The summed E-state index contributed by atoms with van der Waals surface area (Å²) >= 11 is 0. The van der Waals surface area contributed by atoms with E-state index < -0.39 is 6.10 Å². The van der Waals surface area contributed by atoms with Gasteiger partial charge in [0.2, 0.25) is 0 Å². The number of hydrogen-bond acceptors (Lipinski definition) is 2. The zero-order chi connectivity index (χ0) is 12.8. The van der Waals surface area contributed by atoms with Crippen molar-refractivity contribution in [3.05, 3.63) is 29.6 Å². The van der Waals surface area contributed by atoms with Gasteiger partial charge in [0.15, 0.2) is 0 Å². The molecule has 1 aromatic rings. The molecule has 1 aliphatic rings. The van der Waals surface area contributed by atoms with Gasteiger partial charge in [-0.15, -0.1) is 0 Å². The first-order valence-electron chi connectivity index (χ1n) is 7.41. The third-order valence-electron chi connectivity index (χ3n) is 4.01.